The Morgan fingerprint density at radius 1 is 0.729 bits per heavy atom. The average Bonchev–Trinajstić information content (AvgIpc) is 3.58. The van der Waals surface area contributed by atoms with Gasteiger partial charge in [-0.1, -0.05) is 126 Å². The Balaban J connectivity index is 0.000000202. The van der Waals surface area contributed by atoms with Crippen LogP contribution in [-0.4, -0.2) is 3.71 Å². The molecule has 0 aromatic heterocycles. The summed E-state index contributed by atoms with van der Waals surface area (Å²) in [5.74, 6) is 0.468. The van der Waals surface area contributed by atoms with Crippen LogP contribution in [-0.2, 0) is 41.5 Å². The van der Waals surface area contributed by atoms with Crippen LogP contribution in [0.5, 0.6) is 0 Å². The van der Waals surface area contributed by atoms with Crippen LogP contribution in [0.3, 0.4) is 0 Å². The molecule has 0 spiro atoms. The first kappa shape index (κ1) is 39.6. The van der Waals surface area contributed by atoms with E-state index >= 15 is 0 Å². The molecule has 3 heteroatoms. The number of rotatable bonds is 2. The Morgan fingerprint density at radius 3 is 1.98 bits per heavy atom. The first-order valence-corrected chi connectivity index (χ1v) is 17.8. The van der Waals surface area contributed by atoms with Crippen LogP contribution in [0, 0.1) is 18.1 Å². The molecular weight excluding hydrogens is 703 g/mol. The molecule has 0 fully saturated rings. The van der Waals surface area contributed by atoms with Gasteiger partial charge >= 0.3 is 86.7 Å². The van der Waals surface area contributed by atoms with Crippen molar-refractivity contribution in [2.45, 2.75) is 72.6 Å². The van der Waals surface area contributed by atoms with E-state index in [1.165, 1.54) is 90.7 Å². The van der Waals surface area contributed by atoms with Gasteiger partial charge in [0.2, 0.25) is 0 Å². The van der Waals surface area contributed by atoms with Crippen LogP contribution in [0.25, 0.3) is 27.5 Å². The second-order valence-corrected chi connectivity index (χ2v) is 15.3. The van der Waals surface area contributed by atoms with Crippen molar-refractivity contribution in [2.75, 3.05) is 0 Å². The van der Waals surface area contributed by atoms with E-state index in [4.69, 9.17) is 0 Å². The van der Waals surface area contributed by atoms with E-state index < -0.39 is 0 Å². The van der Waals surface area contributed by atoms with Gasteiger partial charge in [-0.15, -0.1) is 11.1 Å². The fourth-order valence-corrected chi connectivity index (χ4v) is 6.75. The van der Waals surface area contributed by atoms with E-state index in [1.807, 2.05) is 6.07 Å². The van der Waals surface area contributed by atoms with Crippen LogP contribution in [0.2, 0.25) is 0 Å². The van der Waals surface area contributed by atoms with Gasteiger partial charge in [-0.2, -0.15) is 41.0 Å². The fraction of sp³-hybridized carbons (Fsp3) is 0.267. The van der Waals surface area contributed by atoms with Crippen LogP contribution in [0.4, 0.5) is 0 Å². The normalized spacial score (nSPS) is 14.4. The van der Waals surface area contributed by atoms with Crippen molar-refractivity contribution in [3.63, 3.8) is 0 Å². The third-order valence-electron chi connectivity index (χ3n) is 8.85. The van der Waals surface area contributed by atoms with Gasteiger partial charge < -0.3 is 24.8 Å². The SMILES string of the molecule is CC(C)(C)c1c[c-]c2c(c1)-c1cc(C(C)(C)C)ccc1C2.CC1=[C-]C(C)C=C1c1ccccc1.[Cl-].[Cl-].[Zr+2]=[CH]c1cccc2ccccc12. The topological polar surface area (TPSA) is 0 Å². The standard InChI is InChI=1S/C21H25.C13H13.C11H8.2ClH.Zr/c1-20(2,3)16-9-7-14-11-15-8-10-17(21(4,5)6)13-19(15)18(14)12-16;1-10-8-11(2)13(9-10)12-6-4-3-5-7-12;1-9-5-4-7-10-6-2-3-8-11(9)10;;;/h7,9-10,12-13H,11H2,1-6H3;3-7,9-10H,1-2H3;1-8H;2*1H;/q2*-1;;;;+2/p-2. The van der Waals surface area contributed by atoms with E-state index in [0.717, 1.165) is 6.42 Å². The first-order valence-electron chi connectivity index (χ1n) is 16.4. The summed E-state index contributed by atoms with van der Waals surface area (Å²) in [5, 5.41) is 2.69. The summed E-state index contributed by atoms with van der Waals surface area (Å²) in [5.41, 5.74) is 14.0. The Labute approximate surface area is 316 Å². The summed E-state index contributed by atoms with van der Waals surface area (Å²) in [6.07, 6.45) is 6.69. The molecule has 0 amide bonds. The molecule has 0 heterocycles. The van der Waals surface area contributed by atoms with Gasteiger partial charge in [0.05, 0.1) is 0 Å². The van der Waals surface area contributed by atoms with E-state index in [9.17, 15) is 0 Å². The Bertz CT molecular complexity index is 1850. The van der Waals surface area contributed by atoms with Crippen LogP contribution < -0.4 is 24.8 Å². The molecule has 1 unspecified atom stereocenters. The second-order valence-electron chi connectivity index (χ2n) is 14.5. The van der Waals surface area contributed by atoms with E-state index in [1.54, 1.807) is 0 Å². The van der Waals surface area contributed by atoms with Crippen molar-refractivity contribution in [3.8, 4) is 11.1 Å². The van der Waals surface area contributed by atoms with Crippen molar-refractivity contribution < 1.29 is 49.0 Å². The zero-order chi connectivity index (χ0) is 33.1. The van der Waals surface area contributed by atoms with Crippen LogP contribution >= 0.6 is 0 Å². The average molecular weight is 749 g/mol. The summed E-state index contributed by atoms with van der Waals surface area (Å²) >= 11 is 1.46. The Hall–Kier alpha value is -2.83. The molecule has 0 saturated heterocycles. The molecule has 0 nitrogen and oxygen atoms in total. The molecule has 0 radical (unpaired) electrons. The summed E-state index contributed by atoms with van der Waals surface area (Å²) in [6, 6.07) is 40.5. The summed E-state index contributed by atoms with van der Waals surface area (Å²) in [4.78, 5) is 0. The molecule has 5 aromatic carbocycles. The van der Waals surface area contributed by atoms with Crippen LogP contribution in [0.15, 0.2) is 115 Å². The molecule has 246 valence electrons. The molecule has 0 saturated carbocycles. The van der Waals surface area contributed by atoms with E-state index in [0.29, 0.717) is 5.92 Å². The molecule has 48 heavy (non-hydrogen) atoms. The third kappa shape index (κ3) is 9.44. The number of fused-ring (bicyclic) bond motifs is 4. The van der Waals surface area contributed by atoms with Gasteiger partial charge in [-0.25, -0.2) is 5.57 Å². The number of halogens is 2. The van der Waals surface area contributed by atoms with Crippen molar-refractivity contribution in [1.29, 1.82) is 0 Å². The summed E-state index contributed by atoms with van der Waals surface area (Å²) in [7, 11) is 0. The zero-order valence-corrected chi connectivity index (χ0v) is 33.5. The Morgan fingerprint density at radius 2 is 1.35 bits per heavy atom. The number of allylic oxidation sites excluding steroid dienone is 4. The summed E-state index contributed by atoms with van der Waals surface area (Å²) < 4.78 is 2.23. The number of hydrogen-bond acceptors (Lipinski definition) is 0. The monoisotopic (exact) mass is 746 g/mol. The molecule has 0 N–H and O–H groups in total. The molecule has 2 aliphatic carbocycles. The predicted molar refractivity (Wildman–Crippen MR) is 196 cm³/mol. The zero-order valence-electron chi connectivity index (χ0n) is 29.5. The van der Waals surface area contributed by atoms with Gasteiger partial charge in [-0.3, -0.25) is 6.08 Å². The van der Waals surface area contributed by atoms with Gasteiger partial charge in [0.1, 0.15) is 0 Å². The quantitative estimate of drug-likeness (QED) is 0.201. The fourth-order valence-electron chi connectivity index (χ4n) is 6.13. The minimum atomic E-state index is 0. The minimum absolute atomic E-state index is 0. The van der Waals surface area contributed by atoms with E-state index in [2.05, 4.69) is 174 Å². The third-order valence-corrected chi connectivity index (χ3v) is 9.62. The molecule has 0 aliphatic heterocycles. The predicted octanol–water partition coefficient (Wildman–Crippen LogP) is 5.67. The maximum atomic E-state index is 3.53. The molecule has 0 bridgehead atoms. The molecule has 7 rings (SSSR count). The molecule has 1 atom stereocenters. The van der Waals surface area contributed by atoms with Crippen molar-refractivity contribution in [1.82, 2.24) is 0 Å². The second kappa shape index (κ2) is 16.7. The van der Waals surface area contributed by atoms with Crippen LogP contribution in [0.1, 0.15) is 88.8 Å². The van der Waals surface area contributed by atoms with Gasteiger partial charge in [0.15, 0.2) is 0 Å². The first-order chi connectivity index (χ1) is 21.8. The molecular formula is C45H46Cl2Zr-2. The number of benzene rings is 5. The van der Waals surface area contributed by atoms with Crippen molar-refractivity contribution >= 4 is 20.1 Å². The van der Waals surface area contributed by atoms with Crippen molar-refractivity contribution in [2.24, 2.45) is 5.92 Å². The van der Waals surface area contributed by atoms with E-state index in [-0.39, 0.29) is 35.6 Å². The van der Waals surface area contributed by atoms with Gasteiger partial charge in [0.25, 0.3) is 0 Å². The van der Waals surface area contributed by atoms with Gasteiger partial charge in [0, 0.05) is 0 Å². The molecule has 2 aliphatic rings. The van der Waals surface area contributed by atoms with Gasteiger partial charge in [-0.05, 0) is 17.4 Å². The molecule has 5 aromatic rings. The van der Waals surface area contributed by atoms with Crippen molar-refractivity contribution in [3.05, 3.63) is 160 Å². The summed E-state index contributed by atoms with van der Waals surface area (Å²) in [6.45, 7) is 17.9. The number of hydrogen-bond donors (Lipinski definition) is 0. The maximum absolute atomic E-state index is 3.53. The Kier molecular flexibility index (Phi) is 13.8.